The van der Waals surface area contributed by atoms with E-state index in [9.17, 15) is 8.42 Å². The fraction of sp³-hybridized carbons (Fsp3) is 0.308. The molecule has 0 aliphatic carbocycles. The Labute approximate surface area is 123 Å². The number of nitrogens with one attached hydrogen (secondary N) is 1. The highest BCUT2D eigenvalue weighted by atomic mass is 32.2. The molecule has 0 aliphatic rings. The lowest BCUT2D eigenvalue weighted by Crippen LogP contribution is -2.22. The van der Waals surface area contributed by atoms with Gasteiger partial charge in [-0.3, -0.25) is 0 Å². The van der Waals surface area contributed by atoms with Crippen molar-refractivity contribution in [1.82, 2.24) is 9.29 Å². The highest BCUT2D eigenvalue weighted by molar-refractivity contribution is 7.89. The molecule has 0 amide bonds. The van der Waals surface area contributed by atoms with Gasteiger partial charge in [-0.2, -0.15) is 0 Å². The van der Waals surface area contributed by atoms with Crippen LogP contribution in [0.5, 0.6) is 0 Å². The second-order valence-corrected chi connectivity index (χ2v) is 7.98. The summed E-state index contributed by atoms with van der Waals surface area (Å²) in [4.78, 5) is 5.63. The van der Waals surface area contributed by atoms with Crippen molar-refractivity contribution in [2.45, 2.75) is 18.4 Å². The van der Waals surface area contributed by atoms with E-state index < -0.39 is 10.0 Å². The molecule has 7 heteroatoms. The molecule has 0 fully saturated rings. The van der Waals surface area contributed by atoms with E-state index in [1.165, 1.54) is 18.4 Å². The number of thiazole rings is 1. The topological polar surface area (TPSA) is 62.3 Å². The Morgan fingerprint density at radius 2 is 1.90 bits per heavy atom. The van der Waals surface area contributed by atoms with Crippen LogP contribution in [-0.4, -0.2) is 31.8 Å². The van der Waals surface area contributed by atoms with Crippen molar-refractivity contribution in [3.8, 4) is 0 Å². The number of sulfonamides is 1. The highest BCUT2D eigenvalue weighted by Gasteiger charge is 2.16. The van der Waals surface area contributed by atoms with Crippen molar-refractivity contribution in [2.75, 3.05) is 19.4 Å². The lowest BCUT2D eigenvalue weighted by atomic mass is 10.3. The minimum atomic E-state index is -3.36. The van der Waals surface area contributed by atoms with Gasteiger partial charge in [-0.05, 0) is 31.2 Å². The van der Waals surface area contributed by atoms with E-state index in [0.29, 0.717) is 11.4 Å². The summed E-state index contributed by atoms with van der Waals surface area (Å²) in [5.41, 5.74) is 0.883. The normalized spacial score (nSPS) is 11.8. The van der Waals surface area contributed by atoms with Crippen LogP contribution in [0.25, 0.3) is 0 Å². The Morgan fingerprint density at radius 3 is 2.40 bits per heavy atom. The van der Waals surface area contributed by atoms with Crippen LogP contribution in [0, 0.1) is 6.92 Å². The van der Waals surface area contributed by atoms with Gasteiger partial charge in [0.1, 0.15) is 0 Å². The molecule has 0 radical (unpaired) electrons. The van der Waals surface area contributed by atoms with E-state index in [2.05, 4.69) is 10.3 Å². The SMILES string of the molecule is Cc1ncc(CNc2ccc(S(=O)(=O)N(C)C)cc2)s1. The summed E-state index contributed by atoms with van der Waals surface area (Å²) in [5, 5.41) is 4.28. The molecule has 1 aromatic heterocycles. The Hall–Kier alpha value is -1.44. The molecule has 0 bridgehead atoms. The third kappa shape index (κ3) is 3.36. The maximum absolute atomic E-state index is 11.9. The standard InChI is InChI=1S/C13H17N3O2S2/c1-10-14-8-12(19-10)9-15-11-4-6-13(7-5-11)20(17,18)16(2)3/h4-8,15H,9H2,1-3H3. The van der Waals surface area contributed by atoms with E-state index in [4.69, 9.17) is 0 Å². The number of benzene rings is 1. The second kappa shape index (κ2) is 5.90. The van der Waals surface area contributed by atoms with Gasteiger partial charge in [0.15, 0.2) is 0 Å². The minimum Gasteiger partial charge on any atom is -0.380 e. The Kier molecular flexibility index (Phi) is 4.42. The Bertz CT molecular complexity index is 676. The molecular formula is C13H17N3O2S2. The molecule has 1 aromatic carbocycles. The highest BCUT2D eigenvalue weighted by Crippen LogP contribution is 2.18. The fourth-order valence-corrected chi connectivity index (χ4v) is 3.27. The van der Waals surface area contributed by atoms with Gasteiger partial charge >= 0.3 is 0 Å². The van der Waals surface area contributed by atoms with Crippen molar-refractivity contribution in [3.05, 3.63) is 40.3 Å². The van der Waals surface area contributed by atoms with Gasteiger partial charge in [-0.1, -0.05) is 0 Å². The molecule has 0 saturated carbocycles. The van der Waals surface area contributed by atoms with Crippen LogP contribution < -0.4 is 5.32 Å². The van der Waals surface area contributed by atoms with Crippen LogP contribution in [0.4, 0.5) is 5.69 Å². The maximum Gasteiger partial charge on any atom is 0.242 e. The molecule has 5 nitrogen and oxygen atoms in total. The van der Waals surface area contributed by atoms with Crippen LogP contribution in [0.3, 0.4) is 0 Å². The summed E-state index contributed by atoms with van der Waals surface area (Å²) < 4.78 is 25.1. The van der Waals surface area contributed by atoms with Crippen molar-refractivity contribution in [3.63, 3.8) is 0 Å². The maximum atomic E-state index is 11.9. The van der Waals surface area contributed by atoms with Crippen molar-refractivity contribution < 1.29 is 8.42 Å². The van der Waals surface area contributed by atoms with Gasteiger partial charge in [0.25, 0.3) is 0 Å². The fourth-order valence-electron chi connectivity index (χ4n) is 1.63. The third-order valence-electron chi connectivity index (χ3n) is 2.77. The first-order valence-corrected chi connectivity index (χ1v) is 8.33. The van der Waals surface area contributed by atoms with Gasteiger partial charge in [0.05, 0.1) is 16.4 Å². The zero-order chi connectivity index (χ0) is 14.8. The average Bonchev–Trinajstić information content (AvgIpc) is 2.82. The van der Waals surface area contributed by atoms with E-state index >= 15 is 0 Å². The smallest absolute Gasteiger partial charge is 0.242 e. The van der Waals surface area contributed by atoms with Gasteiger partial charge in [0, 0.05) is 30.9 Å². The second-order valence-electron chi connectivity index (χ2n) is 4.51. The Balaban J connectivity index is 2.05. The minimum absolute atomic E-state index is 0.293. The van der Waals surface area contributed by atoms with Gasteiger partial charge < -0.3 is 5.32 Å². The molecule has 0 atom stereocenters. The van der Waals surface area contributed by atoms with Crippen LogP contribution in [0.15, 0.2) is 35.4 Å². The number of hydrogen-bond acceptors (Lipinski definition) is 5. The lowest BCUT2D eigenvalue weighted by molar-refractivity contribution is 0.521. The summed E-state index contributed by atoms with van der Waals surface area (Å²) in [5.74, 6) is 0. The largest absolute Gasteiger partial charge is 0.380 e. The van der Waals surface area contributed by atoms with E-state index in [1.807, 2.05) is 13.1 Å². The summed E-state index contributed by atoms with van der Waals surface area (Å²) in [6, 6.07) is 6.75. The quantitative estimate of drug-likeness (QED) is 0.920. The molecule has 2 rings (SSSR count). The zero-order valence-electron chi connectivity index (χ0n) is 11.6. The average molecular weight is 311 g/mol. The summed E-state index contributed by atoms with van der Waals surface area (Å²) in [6.07, 6.45) is 1.85. The van der Waals surface area contributed by atoms with Crippen LogP contribution in [0.2, 0.25) is 0 Å². The monoisotopic (exact) mass is 311 g/mol. The van der Waals surface area contributed by atoms with E-state index in [-0.39, 0.29) is 0 Å². The first kappa shape index (κ1) is 15.0. The molecule has 108 valence electrons. The van der Waals surface area contributed by atoms with Gasteiger partial charge in [-0.25, -0.2) is 17.7 Å². The first-order chi connectivity index (χ1) is 9.39. The van der Waals surface area contributed by atoms with Crippen LogP contribution in [-0.2, 0) is 16.6 Å². The van der Waals surface area contributed by atoms with E-state index in [0.717, 1.165) is 15.6 Å². The number of aryl methyl sites for hydroxylation is 1. The molecule has 0 spiro atoms. The summed E-state index contributed by atoms with van der Waals surface area (Å²) >= 11 is 1.64. The number of anilines is 1. The van der Waals surface area contributed by atoms with Crippen LogP contribution >= 0.6 is 11.3 Å². The van der Waals surface area contributed by atoms with Crippen molar-refractivity contribution in [1.29, 1.82) is 0 Å². The molecule has 2 aromatic rings. The van der Waals surface area contributed by atoms with Crippen LogP contribution in [0.1, 0.15) is 9.88 Å². The molecular weight excluding hydrogens is 294 g/mol. The van der Waals surface area contributed by atoms with Crippen molar-refractivity contribution in [2.24, 2.45) is 0 Å². The molecule has 0 saturated heterocycles. The molecule has 1 heterocycles. The molecule has 20 heavy (non-hydrogen) atoms. The van der Waals surface area contributed by atoms with Crippen molar-refractivity contribution >= 4 is 27.0 Å². The molecule has 0 aliphatic heterocycles. The van der Waals surface area contributed by atoms with Gasteiger partial charge in [-0.15, -0.1) is 11.3 Å². The summed E-state index contributed by atoms with van der Waals surface area (Å²) in [7, 11) is -0.317. The number of rotatable bonds is 5. The lowest BCUT2D eigenvalue weighted by Gasteiger charge is -2.12. The number of nitrogens with zero attached hydrogens (tertiary/aromatic N) is 2. The van der Waals surface area contributed by atoms with Gasteiger partial charge in [0.2, 0.25) is 10.0 Å². The summed E-state index contributed by atoms with van der Waals surface area (Å²) in [6.45, 7) is 2.65. The van der Waals surface area contributed by atoms with E-state index in [1.54, 1.807) is 35.6 Å². The zero-order valence-corrected chi connectivity index (χ0v) is 13.3. The number of aromatic nitrogens is 1. The molecule has 0 unspecified atom stereocenters. The first-order valence-electron chi connectivity index (χ1n) is 6.07. The third-order valence-corrected chi connectivity index (χ3v) is 5.51. The number of hydrogen-bond donors (Lipinski definition) is 1. The molecule has 1 N–H and O–H groups in total. The predicted octanol–water partition coefficient (Wildman–Crippen LogP) is 2.31. The predicted molar refractivity (Wildman–Crippen MR) is 81.5 cm³/mol. The Morgan fingerprint density at radius 1 is 1.25 bits per heavy atom.